The fourth-order valence-corrected chi connectivity index (χ4v) is 8.58. The van der Waals surface area contributed by atoms with Crippen molar-refractivity contribution in [2.24, 2.45) is 29.1 Å². The van der Waals surface area contributed by atoms with Gasteiger partial charge in [-0.15, -0.1) is 10.2 Å². The zero-order valence-corrected chi connectivity index (χ0v) is 26.1. The number of ketones is 1. The van der Waals surface area contributed by atoms with Gasteiger partial charge in [0.15, 0.2) is 11.4 Å². The summed E-state index contributed by atoms with van der Waals surface area (Å²) in [5.74, 6) is 4.25. The normalized spacial score (nSPS) is 27.0. The van der Waals surface area contributed by atoms with Gasteiger partial charge in [0.1, 0.15) is 29.7 Å². The minimum absolute atomic E-state index is 0.0996. The van der Waals surface area contributed by atoms with E-state index >= 15 is 0 Å². The molecule has 0 saturated heterocycles. The third kappa shape index (κ3) is 4.61. The van der Waals surface area contributed by atoms with E-state index in [-0.39, 0.29) is 5.41 Å². The van der Waals surface area contributed by atoms with Crippen LogP contribution in [0.2, 0.25) is 0 Å². The Hall–Kier alpha value is -4.57. The zero-order chi connectivity index (χ0) is 30.9. The van der Waals surface area contributed by atoms with Crippen LogP contribution in [0.5, 0.6) is 11.5 Å². The molecule has 0 aliphatic heterocycles. The average Bonchev–Trinajstić information content (AvgIpc) is 3.28. The van der Waals surface area contributed by atoms with Crippen LogP contribution in [-0.2, 0) is 4.79 Å². The third-order valence-corrected chi connectivity index (χ3v) is 10.5. The Balaban J connectivity index is 1.01. The molecule has 4 aromatic heterocycles. The summed E-state index contributed by atoms with van der Waals surface area (Å²) in [6.07, 6.45) is 14.2. The number of carbonyl (C=O) groups excluding carboxylic acids is 1. The highest BCUT2D eigenvalue weighted by Gasteiger charge is 2.79. The highest BCUT2D eigenvalue weighted by Crippen LogP contribution is 2.80. The molecule has 1 N–H and O–H groups in total. The van der Waals surface area contributed by atoms with E-state index in [1.54, 1.807) is 12.7 Å². The summed E-state index contributed by atoms with van der Waals surface area (Å²) in [5.41, 5.74) is 5.73. The maximum atomic E-state index is 13.3. The van der Waals surface area contributed by atoms with E-state index < -0.39 is 0 Å². The van der Waals surface area contributed by atoms with Crippen LogP contribution in [0, 0.1) is 36.0 Å². The Labute approximate surface area is 262 Å². The van der Waals surface area contributed by atoms with Gasteiger partial charge in [0, 0.05) is 42.0 Å². The maximum Gasteiger partial charge on any atom is 0.164 e. The number of rotatable bonds is 9. The Morgan fingerprint density at radius 2 is 2.04 bits per heavy atom. The van der Waals surface area contributed by atoms with Crippen LogP contribution >= 0.6 is 0 Å². The molecule has 5 unspecified atom stereocenters. The van der Waals surface area contributed by atoms with Gasteiger partial charge in [-0.25, -0.2) is 9.50 Å². The largest absolute Gasteiger partial charge is 0.457 e. The van der Waals surface area contributed by atoms with Gasteiger partial charge in [0.05, 0.1) is 11.4 Å². The van der Waals surface area contributed by atoms with Crippen molar-refractivity contribution in [3.8, 4) is 11.5 Å². The molecule has 0 radical (unpaired) electrons. The van der Waals surface area contributed by atoms with E-state index in [1.165, 1.54) is 0 Å². The second-order valence-electron chi connectivity index (χ2n) is 13.6. The number of anilines is 2. The zero-order valence-electron chi connectivity index (χ0n) is 26.1. The predicted molar refractivity (Wildman–Crippen MR) is 172 cm³/mol. The SMILES string of the molecule is Cc1cc(Nc2ccn3ncnc(C4CC(C)C5C6C(C4)C[C@@]56C(=O)/C=C/CN(C)C)c23)ccc1Oc1ccn2cnnc2c1. The first-order valence-corrected chi connectivity index (χ1v) is 15.8. The predicted octanol–water partition coefficient (Wildman–Crippen LogP) is 6.07. The lowest BCUT2D eigenvalue weighted by Gasteiger charge is -2.36. The molecule has 0 bridgehead atoms. The van der Waals surface area contributed by atoms with Gasteiger partial charge in [-0.05, 0) is 106 Å². The summed E-state index contributed by atoms with van der Waals surface area (Å²) in [6.45, 7) is 5.19. The molecule has 3 aliphatic rings. The summed E-state index contributed by atoms with van der Waals surface area (Å²) in [7, 11) is 4.06. The number of fused-ring (bicyclic) bond motifs is 3. The Morgan fingerprint density at radius 1 is 1.16 bits per heavy atom. The molecule has 10 nitrogen and oxygen atoms in total. The summed E-state index contributed by atoms with van der Waals surface area (Å²) in [4.78, 5) is 20.3. The highest BCUT2D eigenvalue weighted by molar-refractivity contribution is 5.99. The van der Waals surface area contributed by atoms with E-state index in [0.29, 0.717) is 41.1 Å². The molecule has 6 atom stereocenters. The molecule has 3 saturated carbocycles. The number of likely N-dealkylation sites (N-methyl/N-ethyl adjacent to an activating group) is 1. The maximum absolute atomic E-state index is 13.3. The first kappa shape index (κ1) is 27.9. The van der Waals surface area contributed by atoms with Crippen molar-refractivity contribution in [2.45, 2.75) is 39.0 Å². The van der Waals surface area contributed by atoms with Crippen molar-refractivity contribution < 1.29 is 9.53 Å². The molecule has 45 heavy (non-hydrogen) atoms. The second-order valence-corrected chi connectivity index (χ2v) is 13.6. The molecule has 230 valence electrons. The van der Waals surface area contributed by atoms with Gasteiger partial charge in [-0.2, -0.15) is 5.10 Å². The van der Waals surface area contributed by atoms with Gasteiger partial charge in [-0.1, -0.05) is 13.0 Å². The number of ether oxygens (including phenoxy) is 1. The number of nitrogens with one attached hydrogen (secondary N) is 1. The molecule has 3 fully saturated rings. The lowest BCUT2D eigenvalue weighted by atomic mass is 9.66. The molecule has 0 amide bonds. The van der Waals surface area contributed by atoms with Crippen LogP contribution in [0.15, 0.2) is 73.6 Å². The fourth-order valence-electron chi connectivity index (χ4n) is 8.58. The average molecular weight is 603 g/mol. The summed E-state index contributed by atoms with van der Waals surface area (Å²) >= 11 is 0. The monoisotopic (exact) mass is 602 g/mol. The third-order valence-electron chi connectivity index (χ3n) is 10.5. The number of hydrogen-bond donors (Lipinski definition) is 1. The summed E-state index contributed by atoms with van der Waals surface area (Å²) in [6, 6.07) is 12.0. The van der Waals surface area contributed by atoms with Crippen LogP contribution in [0.25, 0.3) is 11.2 Å². The first-order valence-electron chi connectivity index (χ1n) is 15.8. The summed E-state index contributed by atoms with van der Waals surface area (Å²) in [5, 5.41) is 16.2. The first-order chi connectivity index (χ1) is 21.8. The van der Waals surface area contributed by atoms with Gasteiger partial charge >= 0.3 is 0 Å². The number of aromatic nitrogens is 6. The van der Waals surface area contributed by atoms with Crippen molar-refractivity contribution in [3.63, 3.8) is 0 Å². The van der Waals surface area contributed by atoms with E-state index in [4.69, 9.17) is 9.72 Å². The molecule has 5 aromatic rings. The van der Waals surface area contributed by atoms with Gasteiger partial charge in [0.2, 0.25) is 0 Å². The van der Waals surface area contributed by atoms with Crippen LogP contribution in [0.4, 0.5) is 11.4 Å². The number of carbonyl (C=O) groups is 1. The lowest BCUT2D eigenvalue weighted by molar-refractivity contribution is -0.124. The lowest BCUT2D eigenvalue weighted by Crippen LogP contribution is -2.35. The van der Waals surface area contributed by atoms with Gasteiger partial charge in [0.25, 0.3) is 0 Å². The minimum atomic E-state index is -0.0996. The highest BCUT2D eigenvalue weighted by atomic mass is 16.5. The number of allylic oxidation sites excluding steroid dienone is 1. The van der Waals surface area contributed by atoms with Crippen molar-refractivity contribution in [1.29, 1.82) is 0 Å². The van der Waals surface area contributed by atoms with Crippen LogP contribution in [-0.4, -0.2) is 60.5 Å². The molecule has 10 heteroatoms. The quantitative estimate of drug-likeness (QED) is 0.203. The van der Waals surface area contributed by atoms with Gasteiger partial charge < -0.3 is 15.0 Å². The van der Waals surface area contributed by atoms with Crippen LogP contribution in [0.3, 0.4) is 0 Å². The molecular weight excluding hydrogens is 564 g/mol. The van der Waals surface area contributed by atoms with E-state index in [1.807, 2.05) is 78.7 Å². The van der Waals surface area contributed by atoms with Crippen molar-refractivity contribution in [2.75, 3.05) is 26.0 Å². The standard InChI is InChI=1S/C35H38N8O2/c1-21-15-25(7-8-28(21)45-26-9-12-42-20-37-40-30(42)17-26)39-27-10-13-43-34(27)33(36-19-38-43)23-14-22(2)31-32-24(16-23)18-35(31,32)29(44)6-5-11-41(3)4/h5-10,12-13,15,17,19-20,22-24,31-32,39H,11,14,16,18H2,1-4H3/b6-5+/t22?,23?,24?,31?,32?,35-/m1/s1. The molecule has 8 rings (SSSR count). The van der Waals surface area contributed by atoms with E-state index in [2.05, 4.69) is 44.6 Å². The van der Waals surface area contributed by atoms with Crippen molar-refractivity contribution in [1.82, 2.24) is 34.1 Å². The van der Waals surface area contributed by atoms with Crippen LogP contribution < -0.4 is 10.1 Å². The number of aryl methyl sites for hydroxylation is 1. The van der Waals surface area contributed by atoms with Crippen molar-refractivity contribution >= 4 is 28.3 Å². The number of nitrogens with zero attached hydrogens (tertiary/aromatic N) is 7. The van der Waals surface area contributed by atoms with E-state index in [0.717, 1.165) is 65.4 Å². The number of hydrogen-bond acceptors (Lipinski definition) is 8. The smallest absolute Gasteiger partial charge is 0.164 e. The molecule has 4 heterocycles. The Bertz CT molecular complexity index is 1960. The number of benzene rings is 1. The topological polar surface area (TPSA) is 102 Å². The molecule has 1 aromatic carbocycles. The molecule has 3 aliphatic carbocycles. The summed E-state index contributed by atoms with van der Waals surface area (Å²) < 4.78 is 9.97. The Kier molecular flexibility index (Phi) is 6.53. The minimum Gasteiger partial charge on any atom is -0.457 e. The molecule has 0 spiro atoms. The van der Waals surface area contributed by atoms with Crippen molar-refractivity contribution in [3.05, 3.63) is 84.9 Å². The van der Waals surface area contributed by atoms with Crippen LogP contribution in [0.1, 0.15) is 43.4 Å². The Morgan fingerprint density at radius 3 is 2.89 bits per heavy atom. The molecular formula is C35H38N8O2. The fraction of sp³-hybridized carbons (Fsp3) is 0.400. The number of pyridine rings is 1. The van der Waals surface area contributed by atoms with E-state index in [9.17, 15) is 4.79 Å². The second kappa shape index (κ2) is 10.5. The van der Waals surface area contributed by atoms with Gasteiger partial charge in [-0.3, -0.25) is 9.20 Å².